The number of nitrogens with zero attached hydrogens (tertiary/aromatic N) is 4. The molecular weight excluding hydrogens is 510 g/mol. The lowest BCUT2D eigenvalue weighted by Crippen LogP contribution is -2.49. The summed E-state index contributed by atoms with van der Waals surface area (Å²) in [5.74, 6) is 0.881. The minimum Gasteiger partial charge on any atom is -0.491 e. The number of aromatic nitrogens is 2. The van der Waals surface area contributed by atoms with Gasteiger partial charge >= 0.3 is 11.7 Å². The van der Waals surface area contributed by atoms with Crippen molar-refractivity contribution in [1.29, 1.82) is 5.26 Å². The van der Waals surface area contributed by atoms with Crippen LogP contribution in [0.5, 0.6) is 5.75 Å². The molecule has 2 aromatic carbocycles. The van der Waals surface area contributed by atoms with Gasteiger partial charge in [0.2, 0.25) is 0 Å². The highest BCUT2D eigenvalue weighted by atomic mass is 35.5. The number of rotatable bonds is 7. The molecular formula is C27H28ClN5O5. The molecule has 2 aliphatic rings. The first-order chi connectivity index (χ1) is 18.4. The van der Waals surface area contributed by atoms with Crippen LogP contribution >= 0.6 is 11.6 Å². The molecule has 2 amide bonds. The van der Waals surface area contributed by atoms with Crippen LogP contribution in [0.1, 0.15) is 25.3 Å². The molecule has 1 saturated heterocycles. The van der Waals surface area contributed by atoms with Gasteiger partial charge in [-0.15, -0.1) is 0 Å². The summed E-state index contributed by atoms with van der Waals surface area (Å²) in [4.78, 5) is 40.8. The van der Waals surface area contributed by atoms with Crippen LogP contribution in [0, 0.1) is 17.2 Å². The van der Waals surface area contributed by atoms with E-state index in [1.807, 2.05) is 13.0 Å². The first-order valence-corrected chi connectivity index (χ1v) is 13.0. The Kier molecular flexibility index (Phi) is 7.40. The number of hydrogen-bond acceptors (Lipinski definition) is 6. The maximum absolute atomic E-state index is 13.2. The second kappa shape index (κ2) is 10.9. The number of nitriles is 1. The number of anilines is 1. The molecule has 198 valence electrons. The second-order valence-electron chi connectivity index (χ2n) is 9.55. The number of urea groups is 1. The zero-order valence-corrected chi connectivity index (χ0v) is 21.7. The number of hydrogen-bond donors (Lipinski definition) is 1. The van der Waals surface area contributed by atoms with Crippen LogP contribution in [-0.4, -0.2) is 52.5 Å². The highest BCUT2D eigenvalue weighted by Gasteiger charge is 2.26. The summed E-state index contributed by atoms with van der Waals surface area (Å²) in [5, 5.41) is 12.6. The van der Waals surface area contributed by atoms with Gasteiger partial charge in [-0.3, -0.25) is 13.9 Å². The van der Waals surface area contributed by atoms with E-state index in [0.717, 1.165) is 12.8 Å². The topological polar surface area (TPSA) is 119 Å². The van der Waals surface area contributed by atoms with Gasteiger partial charge in [-0.1, -0.05) is 11.6 Å². The van der Waals surface area contributed by atoms with Crippen molar-refractivity contribution in [3.05, 3.63) is 67.8 Å². The fourth-order valence-corrected chi connectivity index (χ4v) is 4.81. The zero-order valence-electron chi connectivity index (χ0n) is 21.0. The van der Waals surface area contributed by atoms with Gasteiger partial charge in [0.05, 0.1) is 34.6 Å². The monoisotopic (exact) mass is 537 g/mol. The first-order valence-electron chi connectivity index (χ1n) is 12.6. The number of fused-ring (bicyclic) bond motifs is 1. The molecule has 0 spiro atoms. The van der Waals surface area contributed by atoms with Crippen LogP contribution in [0.25, 0.3) is 10.9 Å². The van der Waals surface area contributed by atoms with E-state index < -0.39 is 0 Å². The van der Waals surface area contributed by atoms with E-state index in [4.69, 9.17) is 26.3 Å². The van der Waals surface area contributed by atoms with Crippen molar-refractivity contribution in [2.45, 2.75) is 39.0 Å². The largest absolute Gasteiger partial charge is 0.491 e. The van der Waals surface area contributed by atoms with Gasteiger partial charge in [0.25, 0.3) is 5.56 Å². The maximum atomic E-state index is 13.2. The summed E-state index contributed by atoms with van der Waals surface area (Å²) in [6.07, 6.45) is 1.70. The average Bonchev–Trinajstić information content (AvgIpc) is 3.75. The number of aryl methyl sites for hydroxylation is 1. The van der Waals surface area contributed by atoms with Gasteiger partial charge in [-0.2, -0.15) is 5.26 Å². The summed E-state index contributed by atoms with van der Waals surface area (Å²) in [5.41, 5.74) is 0.774. The Hall–Kier alpha value is -3.81. The van der Waals surface area contributed by atoms with Crippen molar-refractivity contribution in [2.24, 2.45) is 5.92 Å². The van der Waals surface area contributed by atoms with E-state index in [2.05, 4.69) is 5.32 Å². The van der Waals surface area contributed by atoms with Gasteiger partial charge in [-0.25, -0.2) is 9.59 Å². The SMILES string of the molecule is CCn1c(=O)n(CC2CC2)c(=O)c2cc(NC(=O)N3CCOC(COc4ccc(C#N)c(Cl)c4)C3)ccc21. The predicted molar refractivity (Wildman–Crippen MR) is 143 cm³/mol. The minimum atomic E-state index is -0.353. The molecule has 10 nitrogen and oxygen atoms in total. The smallest absolute Gasteiger partial charge is 0.331 e. The Balaban J connectivity index is 1.27. The van der Waals surface area contributed by atoms with Crippen molar-refractivity contribution < 1.29 is 14.3 Å². The molecule has 5 rings (SSSR count). The molecule has 1 saturated carbocycles. The molecule has 38 heavy (non-hydrogen) atoms. The fourth-order valence-electron chi connectivity index (χ4n) is 4.60. The molecule has 1 aliphatic carbocycles. The molecule has 0 bridgehead atoms. The molecule has 1 unspecified atom stereocenters. The maximum Gasteiger partial charge on any atom is 0.331 e. The summed E-state index contributed by atoms with van der Waals surface area (Å²) < 4.78 is 14.4. The number of carbonyl (C=O) groups excluding carboxylic acids is 1. The van der Waals surface area contributed by atoms with Crippen molar-refractivity contribution >= 4 is 34.2 Å². The quantitative estimate of drug-likeness (QED) is 0.493. The van der Waals surface area contributed by atoms with Crippen LogP contribution in [0.15, 0.2) is 46.0 Å². The normalized spacial score (nSPS) is 17.3. The van der Waals surface area contributed by atoms with E-state index >= 15 is 0 Å². The van der Waals surface area contributed by atoms with E-state index in [-0.39, 0.29) is 30.0 Å². The lowest BCUT2D eigenvalue weighted by Gasteiger charge is -2.32. The van der Waals surface area contributed by atoms with Crippen molar-refractivity contribution in [3.8, 4) is 11.8 Å². The third kappa shape index (κ3) is 5.39. The van der Waals surface area contributed by atoms with Crippen LogP contribution in [-0.2, 0) is 17.8 Å². The third-order valence-corrected chi connectivity index (χ3v) is 7.17. The van der Waals surface area contributed by atoms with Gasteiger partial charge < -0.3 is 19.7 Å². The summed E-state index contributed by atoms with van der Waals surface area (Å²) >= 11 is 6.06. The predicted octanol–water partition coefficient (Wildman–Crippen LogP) is 3.43. The molecule has 11 heteroatoms. The number of carbonyl (C=O) groups is 1. The van der Waals surface area contributed by atoms with E-state index in [1.165, 1.54) is 4.57 Å². The summed E-state index contributed by atoms with van der Waals surface area (Å²) in [7, 11) is 0. The number of amides is 2. The number of nitrogens with one attached hydrogen (secondary N) is 1. The van der Waals surface area contributed by atoms with Crippen LogP contribution < -0.4 is 21.3 Å². The molecule has 0 radical (unpaired) electrons. The van der Waals surface area contributed by atoms with Gasteiger partial charge in [0.1, 0.15) is 24.5 Å². The van der Waals surface area contributed by atoms with Gasteiger partial charge in [0.15, 0.2) is 0 Å². The molecule has 1 aromatic heterocycles. The lowest BCUT2D eigenvalue weighted by molar-refractivity contribution is -0.0336. The Morgan fingerprint density at radius 2 is 2.03 bits per heavy atom. The average molecular weight is 538 g/mol. The Labute approximate surface area is 223 Å². The van der Waals surface area contributed by atoms with Crippen molar-refractivity contribution in [3.63, 3.8) is 0 Å². The third-order valence-electron chi connectivity index (χ3n) is 6.85. The molecule has 1 N–H and O–H groups in total. The highest BCUT2D eigenvalue weighted by Crippen LogP contribution is 2.30. The minimum absolute atomic E-state index is 0.205. The van der Waals surface area contributed by atoms with Crippen LogP contribution in [0.3, 0.4) is 0 Å². The first kappa shape index (κ1) is 25.8. The molecule has 2 heterocycles. The van der Waals surface area contributed by atoms with Crippen molar-refractivity contribution in [1.82, 2.24) is 14.0 Å². The summed E-state index contributed by atoms with van der Waals surface area (Å²) in [6, 6.07) is 11.6. The molecule has 1 aliphatic heterocycles. The van der Waals surface area contributed by atoms with Crippen molar-refractivity contribution in [2.75, 3.05) is 31.6 Å². The standard InChI is InChI=1S/C27H28ClN5O5/c1-2-32-24-8-6-19(11-22(24)25(34)33(27(32)36)14-17-3-4-17)30-26(35)31-9-10-37-21(15-31)16-38-20-7-5-18(13-29)23(28)12-20/h5-8,11-12,17,21H,2-4,9-10,14-16H2,1H3,(H,30,35). The zero-order chi connectivity index (χ0) is 26.8. The van der Waals surface area contributed by atoms with Crippen LogP contribution in [0.4, 0.5) is 10.5 Å². The lowest BCUT2D eigenvalue weighted by atomic mass is 10.2. The molecule has 2 fully saturated rings. The second-order valence-corrected chi connectivity index (χ2v) is 9.96. The number of benzene rings is 2. The number of ether oxygens (including phenoxy) is 2. The van der Waals surface area contributed by atoms with Gasteiger partial charge in [-0.05, 0) is 56.0 Å². The molecule has 3 aromatic rings. The van der Waals surface area contributed by atoms with E-state index in [9.17, 15) is 14.4 Å². The number of halogens is 1. The Morgan fingerprint density at radius 1 is 1.21 bits per heavy atom. The number of morpholine rings is 1. The van der Waals surface area contributed by atoms with Crippen LogP contribution in [0.2, 0.25) is 5.02 Å². The van der Waals surface area contributed by atoms with Gasteiger partial charge in [0, 0.05) is 31.4 Å². The molecule has 1 atom stereocenters. The van der Waals surface area contributed by atoms with E-state index in [1.54, 1.807) is 45.9 Å². The fraction of sp³-hybridized carbons (Fsp3) is 0.407. The highest BCUT2D eigenvalue weighted by molar-refractivity contribution is 6.31. The Bertz CT molecular complexity index is 1540. The summed E-state index contributed by atoms with van der Waals surface area (Å²) in [6.45, 7) is 4.01. The van der Waals surface area contributed by atoms with E-state index in [0.29, 0.717) is 71.6 Å². The Morgan fingerprint density at radius 3 is 2.74 bits per heavy atom.